The molecule has 0 spiro atoms. The predicted octanol–water partition coefficient (Wildman–Crippen LogP) is 1.42. The highest BCUT2D eigenvalue weighted by atomic mass is 31.1. The molecule has 2 atom stereocenters. The van der Waals surface area contributed by atoms with Gasteiger partial charge in [0.05, 0.1) is 6.04 Å². The first-order chi connectivity index (χ1) is 5.70. The minimum Gasteiger partial charge on any atom is -0.320 e. The van der Waals surface area contributed by atoms with Gasteiger partial charge in [0.15, 0.2) is 6.16 Å². The van der Waals surface area contributed by atoms with Crippen LogP contribution in [0.2, 0.25) is 0 Å². The standard InChI is InChI=1S/C8H10NO2P/c9-8(6-12(10)11)7-4-2-1-3-5-7/h1-5,8H,6,9H2/p+1. The summed E-state index contributed by atoms with van der Waals surface area (Å²) in [6, 6.07) is 8.97. The number of rotatable bonds is 3. The van der Waals surface area contributed by atoms with Crippen molar-refractivity contribution in [2.24, 2.45) is 5.73 Å². The fourth-order valence-electron chi connectivity index (χ4n) is 0.974. The molecular formula is C8H11NO2P+. The van der Waals surface area contributed by atoms with Crippen LogP contribution in [0.5, 0.6) is 0 Å². The fraction of sp³-hybridized carbons (Fsp3) is 0.250. The van der Waals surface area contributed by atoms with Crippen molar-refractivity contribution in [1.82, 2.24) is 0 Å². The summed E-state index contributed by atoms with van der Waals surface area (Å²) in [4.78, 5) is 8.61. The summed E-state index contributed by atoms with van der Waals surface area (Å²) >= 11 is 0. The van der Waals surface area contributed by atoms with E-state index in [1.54, 1.807) is 0 Å². The lowest BCUT2D eigenvalue weighted by atomic mass is 10.1. The van der Waals surface area contributed by atoms with Crippen molar-refractivity contribution in [2.75, 3.05) is 6.16 Å². The van der Waals surface area contributed by atoms with Gasteiger partial charge < -0.3 is 5.73 Å². The Balaban J connectivity index is 2.65. The molecule has 0 aliphatic rings. The van der Waals surface area contributed by atoms with Gasteiger partial charge in [0.25, 0.3) is 0 Å². The van der Waals surface area contributed by atoms with Gasteiger partial charge in [-0.15, -0.1) is 0 Å². The lowest BCUT2D eigenvalue weighted by Gasteiger charge is -2.03. The fourth-order valence-corrected chi connectivity index (χ4v) is 1.52. The molecule has 12 heavy (non-hydrogen) atoms. The van der Waals surface area contributed by atoms with Gasteiger partial charge in [0.2, 0.25) is 0 Å². The van der Waals surface area contributed by atoms with Crippen LogP contribution < -0.4 is 5.73 Å². The molecule has 1 aromatic rings. The van der Waals surface area contributed by atoms with Crippen LogP contribution in [-0.4, -0.2) is 11.1 Å². The van der Waals surface area contributed by atoms with Crippen molar-refractivity contribution in [3.05, 3.63) is 35.9 Å². The lowest BCUT2D eigenvalue weighted by Crippen LogP contribution is -2.12. The van der Waals surface area contributed by atoms with Crippen LogP contribution >= 0.6 is 8.03 Å². The summed E-state index contributed by atoms with van der Waals surface area (Å²) in [5, 5.41) is 0. The minimum absolute atomic E-state index is 0.124. The Kier molecular flexibility index (Phi) is 3.35. The number of hydrogen-bond acceptors (Lipinski definition) is 2. The number of benzene rings is 1. The Morgan fingerprint density at radius 2 is 2.00 bits per heavy atom. The maximum atomic E-state index is 10.5. The molecule has 3 nitrogen and oxygen atoms in total. The van der Waals surface area contributed by atoms with E-state index in [-0.39, 0.29) is 12.2 Å². The zero-order valence-corrected chi connectivity index (χ0v) is 7.45. The molecule has 0 saturated carbocycles. The highest BCUT2D eigenvalue weighted by molar-refractivity contribution is 7.38. The molecule has 0 aliphatic heterocycles. The summed E-state index contributed by atoms with van der Waals surface area (Å²) < 4.78 is 10.5. The van der Waals surface area contributed by atoms with Crippen molar-refractivity contribution in [3.63, 3.8) is 0 Å². The molecular weight excluding hydrogens is 173 g/mol. The van der Waals surface area contributed by atoms with Crippen LogP contribution in [0.1, 0.15) is 11.6 Å². The number of nitrogens with two attached hydrogens (primary N) is 1. The average Bonchev–Trinajstić information content (AvgIpc) is 2.05. The van der Waals surface area contributed by atoms with Crippen LogP contribution in [0, 0.1) is 0 Å². The van der Waals surface area contributed by atoms with Gasteiger partial charge in [0.1, 0.15) is 0 Å². The molecule has 0 aliphatic carbocycles. The van der Waals surface area contributed by atoms with Crippen molar-refractivity contribution in [3.8, 4) is 0 Å². The maximum absolute atomic E-state index is 10.5. The van der Waals surface area contributed by atoms with E-state index in [1.165, 1.54) is 0 Å². The Morgan fingerprint density at radius 3 is 2.50 bits per heavy atom. The molecule has 1 aromatic carbocycles. The number of hydrogen-bond donors (Lipinski definition) is 2. The van der Waals surface area contributed by atoms with Crippen molar-refractivity contribution >= 4 is 8.03 Å². The smallest absolute Gasteiger partial charge is 0.320 e. The van der Waals surface area contributed by atoms with Gasteiger partial charge in [0, 0.05) is 0 Å². The molecule has 64 valence electrons. The zero-order chi connectivity index (χ0) is 8.97. The van der Waals surface area contributed by atoms with E-state index in [1.807, 2.05) is 30.3 Å². The van der Waals surface area contributed by atoms with Gasteiger partial charge in [-0.1, -0.05) is 30.3 Å². The zero-order valence-electron chi connectivity index (χ0n) is 6.55. The Hall–Kier alpha value is -0.760. The Labute approximate surface area is 72.1 Å². The molecule has 2 unspecified atom stereocenters. The quantitative estimate of drug-likeness (QED) is 0.698. The molecule has 3 N–H and O–H groups in total. The first-order valence-corrected chi connectivity index (χ1v) is 5.04. The first-order valence-electron chi connectivity index (χ1n) is 3.64. The highest BCUT2D eigenvalue weighted by Crippen LogP contribution is 2.21. The second-order valence-electron chi connectivity index (χ2n) is 2.55. The van der Waals surface area contributed by atoms with Crippen LogP contribution in [0.4, 0.5) is 0 Å². The maximum Gasteiger partial charge on any atom is 0.507 e. The van der Waals surface area contributed by atoms with Gasteiger partial charge in [-0.05, 0) is 10.1 Å². The molecule has 0 aromatic heterocycles. The summed E-state index contributed by atoms with van der Waals surface area (Å²) in [6.07, 6.45) is 0.124. The topological polar surface area (TPSA) is 63.3 Å². The molecule has 0 fully saturated rings. The average molecular weight is 184 g/mol. The minimum atomic E-state index is -2.14. The molecule has 0 bridgehead atoms. The van der Waals surface area contributed by atoms with Gasteiger partial charge >= 0.3 is 8.03 Å². The van der Waals surface area contributed by atoms with E-state index in [0.717, 1.165) is 5.56 Å². The largest absolute Gasteiger partial charge is 0.507 e. The lowest BCUT2D eigenvalue weighted by molar-refractivity contribution is 0.498. The third-order valence-electron chi connectivity index (χ3n) is 1.58. The Bertz CT molecular complexity index is 263. The van der Waals surface area contributed by atoms with Crippen LogP contribution in [0.25, 0.3) is 0 Å². The van der Waals surface area contributed by atoms with Crippen molar-refractivity contribution in [1.29, 1.82) is 0 Å². The summed E-state index contributed by atoms with van der Waals surface area (Å²) in [7, 11) is -2.14. The van der Waals surface area contributed by atoms with Crippen LogP contribution in [-0.2, 0) is 4.57 Å². The molecule has 0 radical (unpaired) electrons. The van der Waals surface area contributed by atoms with Crippen LogP contribution in [0.3, 0.4) is 0 Å². The third kappa shape index (κ3) is 2.70. The van der Waals surface area contributed by atoms with E-state index < -0.39 is 8.03 Å². The SMILES string of the molecule is NC(C[P+](=O)O)c1ccccc1. The Morgan fingerprint density at radius 1 is 1.42 bits per heavy atom. The molecule has 0 heterocycles. The van der Waals surface area contributed by atoms with Gasteiger partial charge in [-0.25, -0.2) is 0 Å². The van der Waals surface area contributed by atoms with Gasteiger partial charge in [-0.3, -0.25) is 0 Å². The molecule has 0 saturated heterocycles. The van der Waals surface area contributed by atoms with E-state index in [4.69, 9.17) is 10.6 Å². The predicted molar refractivity (Wildman–Crippen MR) is 48.1 cm³/mol. The second kappa shape index (κ2) is 4.31. The summed E-state index contributed by atoms with van der Waals surface area (Å²) in [6.45, 7) is 0. The monoisotopic (exact) mass is 184 g/mol. The van der Waals surface area contributed by atoms with E-state index in [2.05, 4.69) is 0 Å². The summed E-state index contributed by atoms with van der Waals surface area (Å²) in [5.41, 5.74) is 6.55. The van der Waals surface area contributed by atoms with E-state index in [9.17, 15) is 4.57 Å². The first kappa shape index (κ1) is 9.33. The van der Waals surface area contributed by atoms with E-state index >= 15 is 0 Å². The summed E-state index contributed by atoms with van der Waals surface area (Å²) in [5.74, 6) is 0. The second-order valence-corrected chi connectivity index (χ2v) is 3.62. The molecule has 1 rings (SSSR count). The normalized spacial score (nSPS) is 14.0. The van der Waals surface area contributed by atoms with E-state index in [0.29, 0.717) is 0 Å². The molecule has 4 heteroatoms. The van der Waals surface area contributed by atoms with Crippen LogP contribution in [0.15, 0.2) is 30.3 Å². The third-order valence-corrected chi connectivity index (χ3v) is 2.29. The van der Waals surface area contributed by atoms with Crippen molar-refractivity contribution < 1.29 is 9.46 Å². The highest BCUT2D eigenvalue weighted by Gasteiger charge is 2.18. The van der Waals surface area contributed by atoms with Crippen molar-refractivity contribution in [2.45, 2.75) is 6.04 Å². The van der Waals surface area contributed by atoms with Gasteiger partial charge in [-0.2, -0.15) is 4.89 Å². The molecule has 0 amide bonds.